The van der Waals surface area contributed by atoms with Gasteiger partial charge in [0.2, 0.25) is 5.91 Å². The molecule has 206 valence electrons. The molecule has 2 heterocycles. The van der Waals surface area contributed by atoms with Crippen LogP contribution < -0.4 is 4.74 Å². The second kappa shape index (κ2) is 13.3. The van der Waals surface area contributed by atoms with Crippen molar-refractivity contribution in [2.24, 2.45) is 5.41 Å². The Morgan fingerprint density at radius 2 is 1.59 bits per heavy atom. The van der Waals surface area contributed by atoms with Gasteiger partial charge in [-0.2, -0.15) is 0 Å². The first-order chi connectivity index (χ1) is 19.1. The summed E-state index contributed by atoms with van der Waals surface area (Å²) in [5, 5.41) is 0. The fraction of sp³-hybridized carbons (Fsp3) is 0.441. The quantitative estimate of drug-likeness (QED) is 0.371. The van der Waals surface area contributed by atoms with Gasteiger partial charge in [0.15, 0.2) is 0 Å². The van der Waals surface area contributed by atoms with Gasteiger partial charge in [0, 0.05) is 44.7 Å². The Labute approximate surface area is 232 Å². The molecule has 1 spiro atoms. The molecule has 0 bridgehead atoms. The average Bonchev–Trinajstić information content (AvgIpc) is 2.96. The lowest BCUT2D eigenvalue weighted by molar-refractivity contribution is -0.133. The second-order valence-electron chi connectivity index (χ2n) is 11.3. The van der Waals surface area contributed by atoms with Crippen LogP contribution in [0.5, 0.6) is 5.75 Å². The maximum absolute atomic E-state index is 14.7. The fourth-order valence-electron chi connectivity index (χ4n) is 6.28. The summed E-state index contributed by atoms with van der Waals surface area (Å²) in [6.07, 6.45) is 7.76. The van der Waals surface area contributed by atoms with Gasteiger partial charge in [0.25, 0.3) is 0 Å². The van der Waals surface area contributed by atoms with E-state index in [1.807, 2.05) is 36.4 Å². The normalized spacial score (nSPS) is 18.4. The standard InChI is InChI=1S/C34H41FN2O2/c35-31-15-6-4-14-30(31)26-36-24-25-39-32-16-7-5-12-29(32)13-8-9-19-34(27-36)20-22-37(23-21-34)33(38)18-17-28-10-2-1-3-11-28/h1-7,10-12,14-16H,8-9,13,17-27H2. The summed E-state index contributed by atoms with van der Waals surface area (Å²) in [6, 6.07) is 25.7. The van der Waals surface area contributed by atoms with Gasteiger partial charge >= 0.3 is 0 Å². The number of amides is 1. The smallest absolute Gasteiger partial charge is 0.222 e. The van der Waals surface area contributed by atoms with E-state index >= 15 is 0 Å². The van der Waals surface area contributed by atoms with Crippen molar-refractivity contribution in [3.63, 3.8) is 0 Å². The summed E-state index contributed by atoms with van der Waals surface area (Å²) in [5.74, 6) is 1.08. The maximum Gasteiger partial charge on any atom is 0.222 e. The lowest BCUT2D eigenvalue weighted by Gasteiger charge is -2.45. The molecule has 0 saturated carbocycles. The zero-order valence-corrected chi connectivity index (χ0v) is 23.0. The number of aryl methyl sites for hydroxylation is 2. The number of carbonyl (C=O) groups is 1. The number of fused-ring (bicyclic) bond motifs is 1. The summed E-state index contributed by atoms with van der Waals surface area (Å²) in [7, 11) is 0. The minimum atomic E-state index is -0.150. The fourth-order valence-corrected chi connectivity index (χ4v) is 6.28. The van der Waals surface area contributed by atoms with Gasteiger partial charge in [-0.05, 0) is 67.2 Å². The van der Waals surface area contributed by atoms with Crippen LogP contribution in [0.3, 0.4) is 0 Å². The van der Waals surface area contributed by atoms with E-state index in [0.29, 0.717) is 19.6 Å². The Balaban J connectivity index is 1.28. The number of nitrogens with zero attached hydrogens (tertiary/aromatic N) is 2. The van der Waals surface area contributed by atoms with E-state index in [1.54, 1.807) is 12.1 Å². The van der Waals surface area contributed by atoms with E-state index in [2.05, 4.69) is 40.1 Å². The number of benzene rings is 3. The van der Waals surface area contributed by atoms with Gasteiger partial charge in [0.1, 0.15) is 18.2 Å². The number of rotatable bonds is 5. The summed E-state index contributed by atoms with van der Waals surface area (Å²) in [4.78, 5) is 17.5. The highest BCUT2D eigenvalue weighted by molar-refractivity contribution is 5.76. The van der Waals surface area contributed by atoms with Crippen molar-refractivity contribution in [2.75, 3.05) is 32.8 Å². The molecule has 0 radical (unpaired) electrons. The molecule has 0 atom stereocenters. The molecule has 4 nitrogen and oxygen atoms in total. The van der Waals surface area contributed by atoms with Crippen LogP contribution in [0, 0.1) is 11.2 Å². The Morgan fingerprint density at radius 1 is 0.846 bits per heavy atom. The van der Waals surface area contributed by atoms with Crippen LogP contribution in [-0.2, 0) is 24.2 Å². The van der Waals surface area contributed by atoms with Crippen LogP contribution in [0.4, 0.5) is 4.39 Å². The number of halogens is 1. The largest absolute Gasteiger partial charge is 0.492 e. The van der Waals surface area contributed by atoms with E-state index in [0.717, 1.165) is 82.4 Å². The lowest BCUT2D eigenvalue weighted by atomic mass is 9.73. The van der Waals surface area contributed by atoms with Crippen LogP contribution in [0.15, 0.2) is 78.9 Å². The molecule has 2 aliphatic heterocycles. The van der Waals surface area contributed by atoms with Crippen LogP contribution in [0.2, 0.25) is 0 Å². The molecule has 0 aliphatic carbocycles. The Morgan fingerprint density at radius 3 is 2.41 bits per heavy atom. The highest BCUT2D eigenvalue weighted by Crippen LogP contribution is 2.39. The Hall–Kier alpha value is -3.18. The van der Waals surface area contributed by atoms with E-state index in [9.17, 15) is 9.18 Å². The van der Waals surface area contributed by atoms with Crippen LogP contribution in [-0.4, -0.2) is 48.5 Å². The zero-order valence-electron chi connectivity index (χ0n) is 23.0. The van der Waals surface area contributed by atoms with Gasteiger partial charge < -0.3 is 9.64 Å². The van der Waals surface area contributed by atoms with Crippen LogP contribution in [0.25, 0.3) is 0 Å². The molecule has 3 aromatic carbocycles. The molecule has 5 rings (SSSR count). The SMILES string of the molecule is O=C(CCc1ccccc1)N1CCC2(CCCCc3ccccc3OCCN(Cc3ccccc3F)C2)CC1. The average molecular weight is 529 g/mol. The van der Waals surface area contributed by atoms with Crippen molar-refractivity contribution in [2.45, 2.75) is 57.9 Å². The Kier molecular flexibility index (Phi) is 9.31. The predicted octanol–water partition coefficient (Wildman–Crippen LogP) is 6.67. The number of hydrogen-bond donors (Lipinski definition) is 0. The van der Waals surface area contributed by atoms with Gasteiger partial charge in [-0.3, -0.25) is 9.69 Å². The highest BCUT2D eigenvalue weighted by Gasteiger charge is 2.37. The molecule has 0 unspecified atom stereocenters. The third kappa shape index (κ3) is 7.48. The van der Waals surface area contributed by atoms with Crippen molar-refractivity contribution < 1.29 is 13.9 Å². The summed E-state index contributed by atoms with van der Waals surface area (Å²) in [6.45, 7) is 4.40. The van der Waals surface area contributed by atoms with E-state index in [4.69, 9.17) is 4.74 Å². The number of hydrogen-bond acceptors (Lipinski definition) is 3. The number of likely N-dealkylation sites (tertiary alicyclic amines) is 1. The molecular formula is C34H41FN2O2. The minimum absolute atomic E-state index is 0.125. The van der Waals surface area contributed by atoms with Crippen molar-refractivity contribution in [3.05, 3.63) is 101 Å². The Bertz CT molecular complexity index is 1210. The molecule has 0 N–H and O–H groups in total. The van der Waals surface area contributed by atoms with E-state index in [-0.39, 0.29) is 17.1 Å². The van der Waals surface area contributed by atoms with E-state index in [1.165, 1.54) is 11.1 Å². The maximum atomic E-state index is 14.7. The summed E-state index contributed by atoms with van der Waals surface area (Å²) >= 11 is 0. The van der Waals surface area contributed by atoms with E-state index < -0.39 is 0 Å². The summed E-state index contributed by atoms with van der Waals surface area (Å²) in [5.41, 5.74) is 3.34. The van der Waals surface area contributed by atoms with Crippen molar-refractivity contribution >= 4 is 5.91 Å². The van der Waals surface area contributed by atoms with Gasteiger partial charge in [0.05, 0.1) is 0 Å². The highest BCUT2D eigenvalue weighted by atomic mass is 19.1. The monoisotopic (exact) mass is 528 g/mol. The first-order valence-electron chi connectivity index (χ1n) is 14.6. The first-order valence-corrected chi connectivity index (χ1v) is 14.6. The minimum Gasteiger partial charge on any atom is -0.492 e. The molecule has 5 heteroatoms. The number of ether oxygens (including phenoxy) is 1. The molecule has 1 amide bonds. The predicted molar refractivity (Wildman–Crippen MR) is 154 cm³/mol. The van der Waals surface area contributed by atoms with Gasteiger partial charge in [-0.15, -0.1) is 0 Å². The number of piperidine rings is 1. The molecule has 1 saturated heterocycles. The molecule has 3 aromatic rings. The van der Waals surface area contributed by atoms with Crippen LogP contribution in [0.1, 0.15) is 55.2 Å². The molecule has 2 aliphatic rings. The second-order valence-corrected chi connectivity index (χ2v) is 11.3. The third-order valence-electron chi connectivity index (χ3n) is 8.60. The summed E-state index contributed by atoms with van der Waals surface area (Å²) < 4.78 is 20.9. The van der Waals surface area contributed by atoms with Crippen LogP contribution >= 0.6 is 0 Å². The number of carbonyl (C=O) groups excluding carboxylic acids is 1. The molecule has 1 fully saturated rings. The van der Waals surface area contributed by atoms with Crippen molar-refractivity contribution in [1.82, 2.24) is 9.80 Å². The zero-order chi connectivity index (χ0) is 26.9. The molecule has 0 aromatic heterocycles. The van der Waals surface area contributed by atoms with Crippen molar-refractivity contribution in [3.8, 4) is 5.75 Å². The number of para-hydroxylation sites is 1. The third-order valence-corrected chi connectivity index (χ3v) is 8.60. The first kappa shape index (κ1) is 27.4. The molecule has 39 heavy (non-hydrogen) atoms. The van der Waals surface area contributed by atoms with Gasteiger partial charge in [-0.1, -0.05) is 73.2 Å². The lowest BCUT2D eigenvalue weighted by Crippen LogP contribution is -2.48. The topological polar surface area (TPSA) is 32.8 Å². The van der Waals surface area contributed by atoms with Crippen molar-refractivity contribution in [1.29, 1.82) is 0 Å². The van der Waals surface area contributed by atoms with Gasteiger partial charge in [-0.25, -0.2) is 4.39 Å². The molecular weight excluding hydrogens is 487 g/mol.